The summed E-state index contributed by atoms with van der Waals surface area (Å²) in [5, 5.41) is 57.0. The number of carbonyl (C=O) groups excluding carboxylic acids is 2. The SMILES string of the molecule is CC/C=C\C/C=C\C/C=C\C/C=C\C/C=C\C/C=C\CCCCCCCCCC(O)C(=O)NC(COC1OC(CO)C(O)C(O)C1OC(=O)CCCCC\C=C/C=C\C=C\C=C\CC)C(O)/C=C/CCCCCCCCCCCCC. The summed E-state index contributed by atoms with van der Waals surface area (Å²) in [6.07, 6.45) is 69.2. The molecule has 1 heterocycles. The number of allylic oxidation sites excluding steroid dienone is 21. The van der Waals surface area contributed by atoms with Gasteiger partial charge in [0, 0.05) is 6.42 Å². The lowest BCUT2D eigenvalue weighted by atomic mass is 9.99. The Morgan fingerprint density at radius 3 is 1.48 bits per heavy atom. The normalized spacial score (nSPS) is 19.6. The summed E-state index contributed by atoms with van der Waals surface area (Å²) in [4.78, 5) is 26.5. The summed E-state index contributed by atoms with van der Waals surface area (Å²) in [5.41, 5.74) is 0. The molecule has 81 heavy (non-hydrogen) atoms. The zero-order valence-electron chi connectivity index (χ0n) is 50.8. The van der Waals surface area contributed by atoms with Gasteiger partial charge in [-0.3, -0.25) is 9.59 Å². The van der Waals surface area contributed by atoms with Crippen LogP contribution in [0.4, 0.5) is 0 Å². The Balaban J connectivity index is 2.66. The number of unbranched alkanes of at least 4 members (excludes halogenated alkanes) is 21. The molecule has 1 aliphatic heterocycles. The average Bonchev–Trinajstić information content (AvgIpc) is 3.52. The smallest absolute Gasteiger partial charge is 0.306 e. The molecular formula is C70H115NO10. The molecule has 1 rings (SSSR count). The minimum atomic E-state index is -1.64. The van der Waals surface area contributed by atoms with E-state index in [1.54, 1.807) is 6.08 Å². The zero-order chi connectivity index (χ0) is 58.9. The van der Waals surface area contributed by atoms with Crippen molar-refractivity contribution in [3.05, 3.63) is 134 Å². The van der Waals surface area contributed by atoms with Crippen LogP contribution in [-0.2, 0) is 23.8 Å². The first kappa shape index (κ1) is 74.8. The highest BCUT2D eigenvalue weighted by molar-refractivity contribution is 5.80. The zero-order valence-corrected chi connectivity index (χ0v) is 50.8. The van der Waals surface area contributed by atoms with Gasteiger partial charge in [0.2, 0.25) is 5.91 Å². The number of nitrogens with one attached hydrogen (secondary N) is 1. The number of carbonyl (C=O) groups is 2. The molecule has 460 valence electrons. The van der Waals surface area contributed by atoms with Gasteiger partial charge in [0.25, 0.3) is 0 Å². The number of amides is 1. The van der Waals surface area contributed by atoms with E-state index in [0.717, 1.165) is 128 Å². The molecule has 6 N–H and O–H groups in total. The molecule has 0 aliphatic carbocycles. The van der Waals surface area contributed by atoms with Gasteiger partial charge in [-0.15, -0.1) is 0 Å². The van der Waals surface area contributed by atoms with Crippen LogP contribution in [0, 0.1) is 0 Å². The van der Waals surface area contributed by atoms with Gasteiger partial charge in [-0.1, -0.05) is 264 Å². The standard InChI is InChI=1S/C70H115NO10/c1-4-7-10-13-16-19-22-25-26-27-28-29-30-31-32-33-34-35-36-37-40-42-45-48-51-54-57-63(74)69(78)71-61(62(73)56-53-50-47-44-41-38-23-20-17-14-11-8-5-2)60-79-70-68(67(77)66(76)64(59-72)80-70)81-65(75)58-55-52-49-46-43-39-24-21-18-15-12-9-6-3/h7,9-10,12,15-16,18-19,21,24-26,28-29,31-32,34-35,39,43,53,56,61-64,66-68,70,72-74,76-77H,4-6,8,11,13-14,17,20,22-23,27,30,33,36-38,40-42,44-52,54-55,57-60H2,1-3H3,(H,71,78)/b10-7-,12-9+,18-15+,19-16-,24-21-,26-25-,29-28-,32-31-,35-34-,43-39-,56-53+. The maximum atomic E-state index is 13.5. The molecule has 1 aliphatic rings. The van der Waals surface area contributed by atoms with Gasteiger partial charge in [-0.2, -0.15) is 0 Å². The first-order valence-corrected chi connectivity index (χ1v) is 32.0. The summed E-state index contributed by atoms with van der Waals surface area (Å²) >= 11 is 0. The Bertz CT molecular complexity index is 1830. The number of hydrogen-bond donors (Lipinski definition) is 6. The fourth-order valence-electron chi connectivity index (χ4n) is 9.13. The van der Waals surface area contributed by atoms with Crippen molar-refractivity contribution >= 4 is 11.9 Å². The van der Waals surface area contributed by atoms with Gasteiger partial charge in [0.15, 0.2) is 12.4 Å². The molecule has 0 aromatic carbocycles. The number of ether oxygens (including phenoxy) is 3. The number of hydrogen-bond acceptors (Lipinski definition) is 10. The van der Waals surface area contributed by atoms with Crippen LogP contribution in [0.2, 0.25) is 0 Å². The van der Waals surface area contributed by atoms with Gasteiger partial charge in [-0.25, -0.2) is 0 Å². The van der Waals surface area contributed by atoms with Crippen molar-refractivity contribution in [2.75, 3.05) is 13.2 Å². The van der Waals surface area contributed by atoms with Gasteiger partial charge in [-0.05, 0) is 96.3 Å². The second-order valence-electron chi connectivity index (χ2n) is 21.5. The molecular weight excluding hydrogens is 1010 g/mol. The summed E-state index contributed by atoms with van der Waals surface area (Å²) in [6, 6.07) is -1.05. The third kappa shape index (κ3) is 44.1. The maximum Gasteiger partial charge on any atom is 0.306 e. The molecule has 11 heteroatoms. The summed E-state index contributed by atoms with van der Waals surface area (Å²) in [5.74, 6) is -1.25. The van der Waals surface area contributed by atoms with Gasteiger partial charge in [0.05, 0.1) is 25.4 Å². The van der Waals surface area contributed by atoms with Gasteiger partial charge >= 0.3 is 5.97 Å². The Labute approximate surface area is 493 Å². The topological polar surface area (TPSA) is 175 Å². The molecule has 0 radical (unpaired) electrons. The van der Waals surface area contributed by atoms with E-state index in [4.69, 9.17) is 14.2 Å². The number of aliphatic hydroxyl groups excluding tert-OH is 5. The number of rotatable bonds is 52. The Kier molecular flexibility index (Phi) is 52.0. The van der Waals surface area contributed by atoms with Gasteiger partial charge < -0.3 is 45.1 Å². The van der Waals surface area contributed by atoms with E-state index in [9.17, 15) is 35.1 Å². The molecule has 0 saturated carbocycles. The van der Waals surface area contributed by atoms with Crippen molar-refractivity contribution in [3.8, 4) is 0 Å². The predicted octanol–water partition coefficient (Wildman–Crippen LogP) is 15.6. The third-order valence-corrected chi connectivity index (χ3v) is 14.1. The van der Waals surface area contributed by atoms with Crippen molar-refractivity contribution in [1.29, 1.82) is 0 Å². The second kappa shape index (κ2) is 56.3. The second-order valence-corrected chi connectivity index (χ2v) is 21.5. The van der Waals surface area contributed by atoms with Crippen molar-refractivity contribution in [3.63, 3.8) is 0 Å². The molecule has 1 saturated heterocycles. The third-order valence-electron chi connectivity index (χ3n) is 14.1. The molecule has 1 amide bonds. The highest BCUT2D eigenvalue weighted by Crippen LogP contribution is 2.26. The predicted molar refractivity (Wildman–Crippen MR) is 337 cm³/mol. The van der Waals surface area contributed by atoms with Crippen molar-refractivity contribution in [2.45, 2.75) is 282 Å². The van der Waals surface area contributed by atoms with Crippen molar-refractivity contribution < 1.29 is 49.3 Å². The molecule has 0 bridgehead atoms. The van der Waals surface area contributed by atoms with Crippen LogP contribution < -0.4 is 5.32 Å². The van der Waals surface area contributed by atoms with Crippen molar-refractivity contribution in [1.82, 2.24) is 5.32 Å². The van der Waals surface area contributed by atoms with Crippen LogP contribution in [0.25, 0.3) is 0 Å². The van der Waals surface area contributed by atoms with E-state index in [1.807, 2.05) is 42.5 Å². The van der Waals surface area contributed by atoms with Crippen LogP contribution >= 0.6 is 0 Å². The Hall–Kier alpha value is -4.20. The Morgan fingerprint density at radius 2 is 0.951 bits per heavy atom. The first-order chi connectivity index (χ1) is 39.7. The summed E-state index contributed by atoms with van der Waals surface area (Å²) in [6.45, 7) is 5.49. The molecule has 0 aromatic heterocycles. The molecule has 0 aromatic rings. The minimum Gasteiger partial charge on any atom is -0.454 e. The fraction of sp³-hybridized carbons (Fsp3) is 0.657. The van der Waals surface area contributed by atoms with Crippen LogP contribution in [0.3, 0.4) is 0 Å². The highest BCUT2D eigenvalue weighted by Gasteiger charge is 2.47. The van der Waals surface area contributed by atoms with E-state index in [2.05, 4.69) is 111 Å². The molecule has 1 fully saturated rings. The summed E-state index contributed by atoms with van der Waals surface area (Å²) < 4.78 is 17.6. The lowest BCUT2D eigenvalue weighted by Crippen LogP contribution is -2.61. The van der Waals surface area contributed by atoms with E-state index in [1.165, 1.54) is 57.8 Å². The van der Waals surface area contributed by atoms with Gasteiger partial charge in [0.1, 0.15) is 24.4 Å². The lowest BCUT2D eigenvalue weighted by Gasteiger charge is -2.41. The maximum absolute atomic E-state index is 13.5. The minimum absolute atomic E-state index is 0.0695. The number of aliphatic hydroxyl groups is 5. The first-order valence-electron chi connectivity index (χ1n) is 32.0. The van der Waals surface area contributed by atoms with Crippen LogP contribution in [0.1, 0.15) is 233 Å². The van der Waals surface area contributed by atoms with E-state index >= 15 is 0 Å². The van der Waals surface area contributed by atoms with E-state index < -0.39 is 67.4 Å². The largest absolute Gasteiger partial charge is 0.454 e. The fourth-order valence-corrected chi connectivity index (χ4v) is 9.13. The average molecular weight is 1130 g/mol. The summed E-state index contributed by atoms with van der Waals surface area (Å²) in [7, 11) is 0. The Morgan fingerprint density at radius 1 is 0.506 bits per heavy atom. The van der Waals surface area contributed by atoms with E-state index in [0.29, 0.717) is 12.8 Å². The van der Waals surface area contributed by atoms with Crippen LogP contribution in [0.15, 0.2) is 134 Å². The molecule has 0 spiro atoms. The lowest BCUT2D eigenvalue weighted by molar-refractivity contribution is -0.305. The molecule has 8 atom stereocenters. The van der Waals surface area contributed by atoms with Crippen LogP contribution in [-0.4, -0.2) is 99.6 Å². The monoisotopic (exact) mass is 1130 g/mol. The quantitative estimate of drug-likeness (QED) is 0.0149. The molecule has 8 unspecified atom stereocenters. The van der Waals surface area contributed by atoms with Crippen molar-refractivity contribution in [2.24, 2.45) is 0 Å². The van der Waals surface area contributed by atoms with E-state index in [-0.39, 0.29) is 19.4 Å². The molecule has 11 nitrogen and oxygen atoms in total. The highest BCUT2D eigenvalue weighted by atomic mass is 16.7. The number of esters is 1. The van der Waals surface area contributed by atoms with Crippen LogP contribution in [0.5, 0.6) is 0 Å².